The molecule has 0 aromatic heterocycles. The highest BCUT2D eigenvalue weighted by molar-refractivity contribution is 5.80. The van der Waals surface area contributed by atoms with E-state index in [1.54, 1.807) is 6.08 Å². The summed E-state index contributed by atoms with van der Waals surface area (Å²) in [6, 6.07) is -1.02. The molecular weight excluding hydrogens is 1000 g/mol. The third-order valence-electron chi connectivity index (χ3n) is 16.3. The van der Waals surface area contributed by atoms with Crippen molar-refractivity contribution in [1.29, 1.82) is 0 Å². The van der Waals surface area contributed by atoms with Crippen LogP contribution in [-0.2, 0) is 23.8 Å². The van der Waals surface area contributed by atoms with Gasteiger partial charge in [0.05, 0.1) is 25.4 Å². The van der Waals surface area contributed by atoms with E-state index < -0.39 is 67.4 Å². The summed E-state index contributed by atoms with van der Waals surface area (Å²) in [6.07, 6.45) is 59.2. The van der Waals surface area contributed by atoms with Gasteiger partial charge in [0.2, 0.25) is 5.91 Å². The van der Waals surface area contributed by atoms with Crippen LogP contribution in [0.4, 0.5) is 0 Å². The second-order valence-electron chi connectivity index (χ2n) is 23.9. The maximum Gasteiger partial charge on any atom is 0.306 e. The molecule has 0 aromatic carbocycles. The van der Waals surface area contributed by atoms with E-state index >= 15 is 0 Å². The summed E-state index contributed by atoms with van der Waals surface area (Å²) in [6.45, 7) is 5.80. The van der Waals surface area contributed by atoms with Gasteiger partial charge in [-0.3, -0.25) is 9.59 Å². The highest BCUT2D eigenvalue weighted by atomic mass is 16.7. The first kappa shape index (κ1) is 75.9. The number of esters is 1. The molecule has 0 saturated carbocycles. The quantitative estimate of drug-likeness (QED) is 0.0195. The van der Waals surface area contributed by atoms with Gasteiger partial charge in [-0.05, 0) is 77.0 Å². The number of nitrogens with one attached hydrogen (secondary N) is 1. The van der Waals surface area contributed by atoms with E-state index in [0.717, 1.165) is 64.2 Å². The monoisotopic (exact) mass is 1130 g/mol. The molecule has 0 radical (unpaired) electrons. The van der Waals surface area contributed by atoms with E-state index in [0.29, 0.717) is 19.3 Å². The van der Waals surface area contributed by atoms with Crippen molar-refractivity contribution >= 4 is 11.9 Å². The van der Waals surface area contributed by atoms with Gasteiger partial charge in [-0.15, -0.1) is 0 Å². The van der Waals surface area contributed by atoms with Crippen LogP contribution in [0, 0.1) is 0 Å². The summed E-state index contributed by atoms with van der Waals surface area (Å²) in [4.78, 5) is 26.6. The Hall–Kier alpha value is -2.12. The molecule has 1 heterocycles. The van der Waals surface area contributed by atoms with Crippen molar-refractivity contribution in [2.24, 2.45) is 0 Å². The number of rotatable bonds is 59. The minimum atomic E-state index is -1.62. The smallest absolute Gasteiger partial charge is 0.306 e. The van der Waals surface area contributed by atoms with Gasteiger partial charge >= 0.3 is 5.97 Å². The van der Waals surface area contributed by atoms with Crippen LogP contribution in [0.1, 0.15) is 329 Å². The summed E-state index contributed by atoms with van der Waals surface area (Å²) >= 11 is 0. The van der Waals surface area contributed by atoms with Crippen LogP contribution in [0.15, 0.2) is 36.5 Å². The number of aliphatic hydroxyl groups excluding tert-OH is 5. The molecule has 8 atom stereocenters. The summed E-state index contributed by atoms with van der Waals surface area (Å²) in [5, 5.41) is 57.1. The number of carbonyl (C=O) groups is 2. The molecule has 11 heteroatoms. The van der Waals surface area contributed by atoms with E-state index in [-0.39, 0.29) is 13.0 Å². The molecule has 1 aliphatic rings. The molecule has 80 heavy (non-hydrogen) atoms. The molecule has 1 fully saturated rings. The zero-order valence-corrected chi connectivity index (χ0v) is 52.2. The van der Waals surface area contributed by atoms with E-state index in [9.17, 15) is 35.1 Å². The van der Waals surface area contributed by atoms with Crippen molar-refractivity contribution in [2.75, 3.05) is 13.2 Å². The number of aliphatic hydroxyl groups is 5. The third kappa shape index (κ3) is 44.4. The standard InChI is InChI=1S/C69H129NO10/c1-4-7-10-13-16-19-22-25-26-27-28-29-30-31-32-33-34-35-36-37-39-41-44-47-50-53-56-62(73)68(77)70-60(61(72)55-52-49-46-43-40-24-21-18-15-12-9-6-3)59-78-69-67(66(76)65(75)63(58-71)79-69)80-64(74)57-54-51-48-45-42-38-23-20-17-14-11-8-5-2/h25-26,38,42,52,55,60-63,65-67,69,71-73,75-76H,4-24,27-37,39-41,43-51,53-54,56-59H2,1-3H3,(H,70,77)/b26-25+,42-38-,55-52+. The SMILES string of the molecule is CCCCCCCC/C=C\CCCCCC(=O)OC1C(OCC(NC(=O)C(O)CCCCCCCCCCCCCCCCCC/C=C/CCCCCCCC)C(O)/C=C/CCCCCCCCCCCC)OC(CO)C(O)C1O. The van der Waals surface area contributed by atoms with Crippen molar-refractivity contribution in [3.05, 3.63) is 36.5 Å². The molecule has 8 unspecified atom stereocenters. The molecule has 1 aliphatic heterocycles. The van der Waals surface area contributed by atoms with Crippen LogP contribution < -0.4 is 5.32 Å². The van der Waals surface area contributed by atoms with E-state index in [4.69, 9.17) is 14.2 Å². The molecule has 1 rings (SSSR count). The van der Waals surface area contributed by atoms with Crippen LogP contribution in [0.25, 0.3) is 0 Å². The Morgan fingerprint density at radius 1 is 0.475 bits per heavy atom. The largest absolute Gasteiger partial charge is 0.454 e. The lowest BCUT2D eigenvalue weighted by molar-refractivity contribution is -0.305. The van der Waals surface area contributed by atoms with Crippen molar-refractivity contribution in [1.82, 2.24) is 5.32 Å². The number of hydrogen-bond donors (Lipinski definition) is 6. The maximum absolute atomic E-state index is 13.5. The van der Waals surface area contributed by atoms with E-state index in [2.05, 4.69) is 50.4 Å². The van der Waals surface area contributed by atoms with Gasteiger partial charge in [-0.1, -0.05) is 282 Å². The Morgan fingerprint density at radius 2 is 0.825 bits per heavy atom. The van der Waals surface area contributed by atoms with Crippen LogP contribution in [-0.4, -0.2) is 99.6 Å². The zero-order valence-electron chi connectivity index (χ0n) is 52.2. The van der Waals surface area contributed by atoms with Crippen LogP contribution >= 0.6 is 0 Å². The highest BCUT2D eigenvalue weighted by Crippen LogP contribution is 2.26. The molecule has 0 aliphatic carbocycles. The van der Waals surface area contributed by atoms with E-state index in [1.807, 2.05) is 6.08 Å². The van der Waals surface area contributed by atoms with Crippen molar-refractivity contribution in [3.63, 3.8) is 0 Å². The fourth-order valence-electron chi connectivity index (χ4n) is 10.8. The molecule has 0 aromatic rings. The molecule has 11 nitrogen and oxygen atoms in total. The Morgan fingerprint density at radius 3 is 1.21 bits per heavy atom. The minimum Gasteiger partial charge on any atom is -0.454 e. The van der Waals surface area contributed by atoms with Gasteiger partial charge < -0.3 is 45.1 Å². The average molecular weight is 1130 g/mol. The lowest BCUT2D eigenvalue weighted by Crippen LogP contribution is -2.61. The first-order chi connectivity index (χ1) is 39.2. The predicted molar refractivity (Wildman–Crippen MR) is 334 cm³/mol. The van der Waals surface area contributed by atoms with Gasteiger partial charge in [-0.2, -0.15) is 0 Å². The first-order valence-electron chi connectivity index (χ1n) is 34.3. The number of hydrogen-bond acceptors (Lipinski definition) is 10. The van der Waals surface area contributed by atoms with Gasteiger partial charge in [0, 0.05) is 6.42 Å². The number of unbranched alkanes of at least 4 members (excludes halogenated alkanes) is 41. The van der Waals surface area contributed by atoms with Crippen LogP contribution in [0.5, 0.6) is 0 Å². The molecule has 470 valence electrons. The van der Waals surface area contributed by atoms with Crippen molar-refractivity contribution < 1.29 is 49.3 Å². The van der Waals surface area contributed by atoms with Crippen LogP contribution in [0.2, 0.25) is 0 Å². The second-order valence-corrected chi connectivity index (χ2v) is 23.9. The Bertz CT molecular complexity index is 1440. The van der Waals surface area contributed by atoms with Crippen molar-refractivity contribution in [2.45, 2.75) is 378 Å². The topological polar surface area (TPSA) is 175 Å². The maximum atomic E-state index is 13.5. The summed E-state index contributed by atoms with van der Waals surface area (Å²) in [5.74, 6) is -1.20. The summed E-state index contributed by atoms with van der Waals surface area (Å²) in [7, 11) is 0. The first-order valence-corrected chi connectivity index (χ1v) is 34.3. The zero-order chi connectivity index (χ0) is 58.2. The highest BCUT2D eigenvalue weighted by Gasteiger charge is 2.47. The lowest BCUT2D eigenvalue weighted by atomic mass is 9.99. The Labute approximate surface area is 492 Å². The predicted octanol–water partition coefficient (Wildman–Crippen LogP) is 17.0. The van der Waals surface area contributed by atoms with E-state index in [1.165, 1.54) is 218 Å². The fraction of sp³-hybridized carbons (Fsp3) is 0.884. The number of ether oxygens (including phenoxy) is 3. The number of allylic oxidation sites excluding steroid dienone is 5. The minimum absolute atomic E-state index is 0.106. The van der Waals surface area contributed by atoms with Crippen molar-refractivity contribution in [3.8, 4) is 0 Å². The molecule has 6 N–H and O–H groups in total. The Balaban J connectivity index is 2.55. The van der Waals surface area contributed by atoms with Gasteiger partial charge in [0.15, 0.2) is 12.4 Å². The lowest BCUT2D eigenvalue weighted by Gasteiger charge is -2.41. The van der Waals surface area contributed by atoms with Crippen LogP contribution in [0.3, 0.4) is 0 Å². The molecule has 1 saturated heterocycles. The normalized spacial score (nSPS) is 18.9. The molecule has 1 amide bonds. The summed E-state index contributed by atoms with van der Waals surface area (Å²) < 4.78 is 17.6. The van der Waals surface area contributed by atoms with Gasteiger partial charge in [0.1, 0.15) is 24.4 Å². The Kier molecular flexibility index (Phi) is 54.4. The molecule has 0 bridgehead atoms. The summed E-state index contributed by atoms with van der Waals surface area (Å²) in [5.41, 5.74) is 0. The third-order valence-corrected chi connectivity index (χ3v) is 16.3. The fourth-order valence-corrected chi connectivity index (χ4v) is 10.8. The van der Waals surface area contributed by atoms with Gasteiger partial charge in [-0.25, -0.2) is 0 Å². The molecular formula is C69H129NO10. The second kappa shape index (κ2) is 57.3. The average Bonchev–Trinajstić information content (AvgIpc) is 3.45. The number of carbonyl (C=O) groups excluding carboxylic acids is 2. The molecule has 0 spiro atoms. The number of amides is 1. The van der Waals surface area contributed by atoms with Gasteiger partial charge in [0.25, 0.3) is 0 Å².